The molecule has 3 nitrogen and oxygen atoms in total. The first-order valence-electron chi connectivity index (χ1n) is 4.19. The zero-order valence-electron chi connectivity index (χ0n) is 8.13. The number of methoxy groups -OCH3 is 1. The van der Waals surface area contributed by atoms with Crippen molar-refractivity contribution in [1.82, 2.24) is 0 Å². The van der Waals surface area contributed by atoms with Crippen LogP contribution in [0.4, 0.5) is 5.69 Å². The summed E-state index contributed by atoms with van der Waals surface area (Å²) in [7, 11) is 1.49. The summed E-state index contributed by atoms with van der Waals surface area (Å²) < 4.78 is 5.63. The van der Waals surface area contributed by atoms with Crippen molar-refractivity contribution >= 4 is 27.5 Å². The van der Waals surface area contributed by atoms with Gasteiger partial charge in [-0.2, -0.15) is 0 Å². The highest BCUT2D eigenvalue weighted by Crippen LogP contribution is 2.25. The number of carbonyl (C=O) groups is 1. The van der Waals surface area contributed by atoms with Crippen LogP contribution in [0.1, 0.15) is 5.56 Å². The van der Waals surface area contributed by atoms with E-state index in [2.05, 4.69) is 21.2 Å². The Labute approximate surface area is 91.6 Å². The van der Waals surface area contributed by atoms with Crippen molar-refractivity contribution < 1.29 is 9.53 Å². The van der Waals surface area contributed by atoms with Crippen molar-refractivity contribution in [3.63, 3.8) is 0 Å². The largest absolute Gasteiger partial charge is 0.375 e. The Morgan fingerprint density at radius 2 is 2.29 bits per heavy atom. The lowest BCUT2D eigenvalue weighted by molar-refractivity contribution is -0.119. The summed E-state index contributed by atoms with van der Waals surface area (Å²) in [4.78, 5) is 11.2. The topological polar surface area (TPSA) is 38.3 Å². The van der Waals surface area contributed by atoms with Gasteiger partial charge in [0.25, 0.3) is 0 Å². The van der Waals surface area contributed by atoms with Crippen molar-refractivity contribution in [1.29, 1.82) is 0 Å². The molecule has 0 aromatic heterocycles. The van der Waals surface area contributed by atoms with Crippen LogP contribution in [0.25, 0.3) is 0 Å². The van der Waals surface area contributed by atoms with E-state index < -0.39 is 0 Å². The highest BCUT2D eigenvalue weighted by Gasteiger charge is 2.05. The molecule has 0 fully saturated rings. The molecule has 0 aliphatic carbocycles. The van der Waals surface area contributed by atoms with Crippen LogP contribution in [0.5, 0.6) is 0 Å². The van der Waals surface area contributed by atoms with Crippen LogP contribution >= 0.6 is 15.9 Å². The molecule has 1 aromatic carbocycles. The van der Waals surface area contributed by atoms with Gasteiger partial charge in [0.05, 0.1) is 5.69 Å². The second-order valence-corrected chi connectivity index (χ2v) is 3.71. The molecule has 1 rings (SSSR count). The summed E-state index contributed by atoms with van der Waals surface area (Å²) in [6.45, 7) is 2.04. The van der Waals surface area contributed by atoms with Gasteiger partial charge in [0.15, 0.2) is 0 Å². The molecule has 0 atom stereocenters. The minimum atomic E-state index is -0.154. The SMILES string of the molecule is COCC(=O)Nc1cccc(C)c1Br. The lowest BCUT2D eigenvalue weighted by Gasteiger charge is -2.08. The van der Waals surface area contributed by atoms with Crippen molar-refractivity contribution in [3.05, 3.63) is 28.2 Å². The first-order valence-corrected chi connectivity index (χ1v) is 4.98. The molecule has 1 aromatic rings. The molecule has 14 heavy (non-hydrogen) atoms. The summed E-state index contributed by atoms with van der Waals surface area (Å²) in [5.41, 5.74) is 1.85. The van der Waals surface area contributed by atoms with Gasteiger partial charge in [0, 0.05) is 11.6 Å². The lowest BCUT2D eigenvalue weighted by atomic mass is 10.2. The number of ether oxygens (including phenoxy) is 1. The molecule has 0 bridgehead atoms. The van der Waals surface area contributed by atoms with Gasteiger partial charge in [0.2, 0.25) is 5.91 Å². The molecule has 0 unspecified atom stereocenters. The van der Waals surface area contributed by atoms with Crippen molar-refractivity contribution in [3.8, 4) is 0 Å². The highest BCUT2D eigenvalue weighted by atomic mass is 79.9. The molecular weight excluding hydrogens is 246 g/mol. The number of halogens is 1. The van der Waals surface area contributed by atoms with E-state index in [1.165, 1.54) is 7.11 Å². The van der Waals surface area contributed by atoms with Crippen LogP contribution in [0.15, 0.2) is 22.7 Å². The van der Waals surface area contributed by atoms with Gasteiger partial charge < -0.3 is 10.1 Å². The quantitative estimate of drug-likeness (QED) is 0.903. The summed E-state index contributed by atoms with van der Waals surface area (Å²) in [5, 5.41) is 2.74. The molecule has 4 heteroatoms. The number of hydrogen-bond acceptors (Lipinski definition) is 2. The normalized spacial score (nSPS) is 9.93. The molecule has 0 heterocycles. The zero-order chi connectivity index (χ0) is 10.6. The fourth-order valence-electron chi connectivity index (χ4n) is 1.06. The molecule has 0 aliphatic rings. The lowest BCUT2D eigenvalue weighted by Crippen LogP contribution is -2.17. The fourth-order valence-corrected chi connectivity index (χ4v) is 1.42. The maximum Gasteiger partial charge on any atom is 0.250 e. The third-order valence-corrected chi connectivity index (χ3v) is 2.79. The Morgan fingerprint density at radius 1 is 1.57 bits per heavy atom. The predicted molar refractivity (Wildman–Crippen MR) is 59.4 cm³/mol. The standard InChI is InChI=1S/C10H12BrNO2/c1-7-4-3-5-8(10(7)11)12-9(13)6-14-2/h3-5H,6H2,1-2H3,(H,12,13). The summed E-state index contributed by atoms with van der Waals surface area (Å²) >= 11 is 3.40. The zero-order valence-corrected chi connectivity index (χ0v) is 9.72. The minimum absolute atomic E-state index is 0.0698. The molecule has 0 radical (unpaired) electrons. The number of amides is 1. The van der Waals surface area contributed by atoms with Crippen LogP contribution in [-0.2, 0) is 9.53 Å². The number of nitrogens with one attached hydrogen (secondary N) is 1. The minimum Gasteiger partial charge on any atom is -0.375 e. The average molecular weight is 258 g/mol. The van der Waals surface area contributed by atoms with E-state index in [9.17, 15) is 4.79 Å². The Balaban J connectivity index is 2.76. The van der Waals surface area contributed by atoms with Crippen LogP contribution in [-0.4, -0.2) is 19.6 Å². The van der Waals surface area contributed by atoms with E-state index in [0.717, 1.165) is 15.7 Å². The first kappa shape index (κ1) is 11.2. The van der Waals surface area contributed by atoms with E-state index in [1.54, 1.807) is 0 Å². The third-order valence-electron chi connectivity index (χ3n) is 1.74. The average Bonchev–Trinajstić information content (AvgIpc) is 2.13. The molecule has 0 saturated heterocycles. The number of aryl methyl sites for hydroxylation is 1. The Hall–Kier alpha value is -0.870. The van der Waals surface area contributed by atoms with Crippen molar-refractivity contribution in [2.24, 2.45) is 0 Å². The summed E-state index contributed by atoms with van der Waals surface area (Å²) in [6.07, 6.45) is 0. The van der Waals surface area contributed by atoms with Gasteiger partial charge >= 0.3 is 0 Å². The molecule has 0 aliphatic heterocycles. The fraction of sp³-hybridized carbons (Fsp3) is 0.300. The van der Waals surface area contributed by atoms with E-state index >= 15 is 0 Å². The van der Waals surface area contributed by atoms with Crippen molar-refractivity contribution in [2.45, 2.75) is 6.92 Å². The number of anilines is 1. The van der Waals surface area contributed by atoms with Gasteiger partial charge in [-0.1, -0.05) is 12.1 Å². The maximum atomic E-state index is 11.2. The monoisotopic (exact) mass is 257 g/mol. The van der Waals surface area contributed by atoms with Crippen LogP contribution < -0.4 is 5.32 Å². The second kappa shape index (κ2) is 5.12. The van der Waals surface area contributed by atoms with Crippen LogP contribution in [0.2, 0.25) is 0 Å². The highest BCUT2D eigenvalue weighted by molar-refractivity contribution is 9.10. The third kappa shape index (κ3) is 2.82. The maximum absolute atomic E-state index is 11.2. The number of benzene rings is 1. The molecule has 0 saturated carbocycles. The van der Waals surface area contributed by atoms with E-state index in [4.69, 9.17) is 4.74 Å². The molecular formula is C10H12BrNO2. The van der Waals surface area contributed by atoms with Gasteiger partial charge in [-0.05, 0) is 34.5 Å². The van der Waals surface area contributed by atoms with E-state index in [1.807, 2.05) is 25.1 Å². The van der Waals surface area contributed by atoms with Gasteiger partial charge in [0.1, 0.15) is 6.61 Å². The van der Waals surface area contributed by atoms with E-state index in [-0.39, 0.29) is 12.5 Å². The smallest absolute Gasteiger partial charge is 0.250 e. The second-order valence-electron chi connectivity index (χ2n) is 2.92. The number of carbonyl (C=O) groups excluding carboxylic acids is 1. The van der Waals surface area contributed by atoms with Gasteiger partial charge in [-0.3, -0.25) is 4.79 Å². The van der Waals surface area contributed by atoms with E-state index in [0.29, 0.717) is 0 Å². The molecule has 1 amide bonds. The van der Waals surface area contributed by atoms with Crippen LogP contribution in [0.3, 0.4) is 0 Å². The number of hydrogen-bond donors (Lipinski definition) is 1. The van der Waals surface area contributed by atoms with Gasteiger partial charge in [-0.25, -0.2) is 0 Å². The summed E-state index contributed by atoms with van der Waals surface area (Å²) in [5.74, 6) is -0.154. The Bertz CT molecular complexity index is 339. The predicted octanol–water partition coefficient (Wildman–Crippen LogP) is 2.34. The summed E-state index contributed by atoms with van der Waals surface area (Å²) in [6, 6.07) is 5.70. The Kier molecular flexibility index (Phi) is 4.10. The Morgan fingerprint density at radius 3 is 2.93 bits per heavy atom. The van der Waals surface area contributed by atoms with Crippen molar-refractivity contribution in [2.75, 3.05) is 19.0 Å². The molecule has 0 spiro atoms. The first-order chi connectivity index (χ1) is 6.65. The number of rotatable bonds is 3. The molecule has 1 N–H and O–H groups in total. The van der Waals surface area contributed by atoms with Crippen LogP contribution in [0, 0.1) is 6.92 Å². The van der Waals surface area contributed by atoms with Gasteiger partial charge in [-0.15, -0.1) is 0 Å². The molecule has 76 valence electrons.